The second-order valence-corrected chi connectivity index (χ2v) is 5.95. The second-order valence-electron chi connectivity index (χ2n) is 4.66. The largest absolute Gasteiger partial charge is 0.494 e. The molecule has 0 aromatic heterocycles. The van der Waals surface area contributed by atoms with Gasteiger partial charge in [-0.2, -0.15) is 0 Å². The summed E-state index contributed by atoms with van der Waals surface area (Å²) < 4.78 is 6.57. The standard InChI is InChI=1S/C17H19BrClNO/c1-3-20-17(12-5-7-13(19)8-6-12)15-10-9-14(21-4-2)11-16(15)18/h5-11,17,20H,3-4H2,1-2H3. The lowest BCUT2D eigenvalue weighted by Gasteiger charge is -2.21. The Labute approximate surface area is 139 Å². The highest BCUT2D eigenvalue weighted by molar-refractivity contribution is 9.10. The minimum absolute atomic E-state index is 0.123. The molecule has 0 radical (unpaired) electrons. The van der Waals surface area contributed by atoms with Crippen LogP contribution in [-0.2, 0) is 0 Å². The van der Waals surface area contributed by atoms with Crippen LogP contribution in [0.3, 0.4) is 0 Å². The van der Waals surface area contributed by atoms with Gasteiger partial charge in [0.1, 0.15) is 5.75 Å². The van der Waals surface area contributed by atoms with Crippen molar-refractivity contribution in [2.75, 3.05) is 13.2 Å². The van der Waals surface area contributed by atoms with E-state index >= 15 is 0 Å². The first-order valence-corrected chi connectivity index (χ1v) is 8.23. The fourth-order valence-corrected chi connectivity index (χ4v) is 2.98. The molecule has 1 unspecified atom stereocenters. The number of benzene rings is 2. The SMILES string of the molecule is CCNC(c1ccc(Cl)cc1)c1ccc(OCC)cc1Br. The molecule has 0 fully saturated rings. The fraction of sp³-hybridized carbons (Fsp3) is 0.294. The van der Waals surface area contributed by atoms with Crippen LogP contribution in [0, 0.1) is 0 Å². The molecule has 1 atom stereocenters. The van der Waals surface area contributed by atoms with Crippen LogP contribution in [0.5, 0.6) is 5.75 Å². The topological polar surface area (TPSA) is 21.3 Å². The zero-order valence-electron chi connectivity index (χ0n) is 12.2. The molecule has 2 nitrogen and oxygen atoms in total. The number of halogens is 2. The Morgan fingerprint density at radius 3 is 2.43 bits per heavy atom. The summed E-state index contributed by atoms with van der Waals surface area (Å²) in [4.78, 5) is 0. The quantitative estimate of drug-likeness (QED) is 0.756. The third kappa shape index (κ3) is 4.22. The number of rotatable bonds is 6. The lowest BCUT2D eigenvalue weighted by Crippen LogP contribution is -2.22. The summed E-state index contributed by atoms with van der Waals surface area (Å²) in [5, 5.41) is 4.26. The van der Waals surface area contributed by atoms with E-state index in [0.717, 1.165) is 21.8 Å². The molecular formula is C17H19BrClNO. The van der Waals surface area contributed by atoms with Crippen molar-refractivity contribution in [3.8, 4) is 5.75 Å². The van der Waals surface area contributed by atoms with Crippen molar-refractivity contribution < 1.29 is 4.74 Å². The average molecular weight is 369 g/mol. The van der Waals surface area contributed by atoms with E-state index in [2.05, 4.69) is 46.4 Å². The molecular weight excluding hydrogens is 350 g/mol. The van der Waals surface area contributed by atoms with Crippen LogP contribution in [-0.4, -0.2) is 13.2 Å². The number of nitrogens with one attached hydrogen (secondary N) is 1. The van der Waals surface area contributed by atoms with Crippen molar-refractivity contribution in [2.24, 2.45) is 0 Å². The van der Waals surface area contributed by atoms with Crippen molar-refractivity contribution in [2.45, 2.75) is 19.9 Å². The maximum atomic E-state index is 5.98. The first kappa shape index (κ1) is 16.3. The molecule has 2 aromatic carbocycles. The monoisotopic (exact) mass is 367 g/mol. The Morgan fingerprint density at radius 1 is 1.14 bits per heavy atom. The van der Waals surface area contributed by atoms with Gasteiger partial charge in [0.05, 0.1) is 12.6 Å². The maximum absolute atomic E-state index is 5.98. The molecule has 0 bridgehead atoms. The molecule has 2 rings (SSSR count). The van der Waals surface area contributed by atoms with E-state index in [1.165, 1.54) is 11.1 Å². The highest BCUT2D eigenvalue weighted by Gasteiger charge is 2.16. The minimum Gasteiger partial charge on any atom is -0.494 e. The van der Waals surface area contributed by atoms with Crippen LogP contribution in [0.4, 0.5) is 0 Å². The van der Waals surface area contributed by atoms with Crippen molar-refractivity contribution in [3.05, 3.63) is 63.1 Å². The summed E-state index contributed by atoms with van der Waals surface area (Å²) >= 11 is 9.63. The van der Waals surface area contributed by atoms with Crippen LogP contribution in [0.15, 0.2) is 46.9 Å². The van der Waals surface area contributed by atoms with Gasteiger partial charge in [-0.1, -0.05) is 52.7 Å². The highest BCUT2D eigenvalue weighted by Crippen LogP contribution is 2.32. The lowest BCUT2D eigenvalue weighted by atomic mass is 9.98. The Hall–Kier alpha value is -1.03. The normalized spacial score (nSPS) is 12.2. The molecule has 0 saturated heterocycles. The number of hydrogen-bond acceptors (Lipinski definition) is 2. The maximum Gasteiger partial charge on any atom is 0.120 e. The Morgan fingerprint density at radius 2 is 1.86 bits per heavy atom. The molecule has 0 amide bonds. The Balaban J connectivity index is 2.35. The van der Waals surface area contributed by atoms with Crippen molar-refractivity contribution in [1.82, 2.24) is 5.32 Å². The molecule has 0 aliphatic rings. The first-order valence-electron chi connectivity index (χ1n) is 7.06. The predicted octanol–water partition coefficient (Wildman–Crippen LogP) is 5.20. The van der Waals surface area contributed by atoms with Crippen molar-refractivity contribution >= 4 is 27.5 Å². The molecule has 4 heteroatoms. The van der Waals surface area contributed by atoms with E-state index in [1.807, 2.05) is 31.2 Å². The molecule has 0 heterocycles. The van der Waals surface area contributed by atoms with Crippen LogP contribution in [0.25, 0.3) is 0 Å². The van der Waals surface area contributed by atoms with E-state index < -0.39 is 0 Å². The number of hydrogen-bond donors (Lipinski definition) is 1. The summed E-state index contributed by atoms with van der Waals surface area (Å²) in [5.41, 5.74) is 2.37. The summed E-state index contributed by atoms with van der Waals surface area (Å²) in [7, 11) is 0. The smallest absolute Gasteiger partial charge is 0.120 e. The van der Waals surface area contributed by atoms with Crippen molar-refractivity contribution in [1.29, 1.82) is 0 Å². The molecule has 0 aliphatic heterocycles. The predicted molar refractivity (Wildman–Crippen MR) is 92.3 cm³/mol. The Kier molecular flexibility index (Phi) is 6.09. The Bertz CT molecular complexity index is 586. The van der Waals surface area contributed by atoms with Gasteiger partial charge in [0.2, 0.25) is 0 Å². The van der Waals surface area contributed by atoms with Gasteiger partial charge in [-0.3, -0.25) is 0 Å². The summed E-state index contributed by atoms with van der Waals surface area (Å²) in [6.45, 7) is 5.63. The third-order valence-electron chi connectivity index (χ3n) is 3.21. The van der Waals surface area contributed by atoms with Crippen molar-refractivity contribution in [3.63, 3.8) is 0 Å². The van der Waals surface area contributed by atoms with E-state index in [-0.39, 0.29) is 6.04 Å². The molecule has 2 aromatic rings. The highest BCUT2D eigenvalue weighted by atomic mass is 79.9. The fourth-order valence-electron chi connectivity index (χ4n) is 2.27. The lowest BCUT2D eigenvalue weighted by molar-refractivity contribution is 0.340. The van der Waals surface area contributed by atoms with E-state index in [1.54, 1.807) is 0 Å². The van der Waals surface area contributed by atoms with Gasteiger partial charge in [-0.05, 0) is 48.9 Å². The zero-order valence-corrected chi connectivity index (χ0v) is 14.5. The summed E-state index contributed by atoms with van der Waals surface area (Å²) in [6.07, 6.45) is 0. The van der Waals surface area contributed by atoms with E-state index in [4.69, 9.17) is 16.3 Å². The van der Waals surface area contributed by atoms with E-state index in [9.17, 15) is 0 Å². The average Bonchev–Trinajstić information content (AvgIpc) is 2.47. The van der Waals surface area contributed by atoms with E-state index in [0.29, 0.717) is 6.61 Å². The van der Waals surface area contributed by atoms with Gasteiger partial charge in [-0.15, -0.1) is 0 Å². The van der Waals surface area contributed by atoms with Gasteiger partial charge in [0.25, 0.3) is 0 Å². The molecule has 112 valence electrons. The van der Waals surface area contributed by atoms with Gasteiger partial charge in [-0.25, -0.2) is 0 Å². The first-order chi connectivity index (χ1) is 10.2. The van der Waals surface area contributed by atoms with Crippen LogP contribution < -0.4 is 10.1 Å². The summed E-state index contributed by atoms with van der Waals surface area (Å²) in [6, 6.07) is 14.2. The molecule has 1 N–H and O–H groups in total. The molecule has 0 saturated carbocycles. The van der Waals surface area contributed by atoms with Crippen LogP contribution >= 0.6 is 27.5 Å². The third-order valence-corrected chi connectivity index (χ3v) is 4.14. The van der Waals surface area contributed by atoms with Crippen LogP contribution in [0.1, 0.15) is 31.0 Å². The minimum atomic E-state index is 0.123. The molecule has 0 spiro atoms. The second kappa shape index (κ2) is 7.83. The molecule has 21 heavy (non-hydrogen) atoms. The molecule has 0 aliphatic carbocycles. The van der Waals surface area contributed by atoms with Gasteiger partial charge >= 0.3 is 0 Å². The number of ether oxygens (including phenoxy) is 1. The van der Waals surface area contributed by atoms with Gasteiger partial charge in [0.15, 0.2) is 0 Å². The van der Waals surface area contributed by atoms with Gasteiger partial charge < -0.3 is 10.1 Å². The zero-order chi connectivity index (χ0) is 15.2. The van der Waals surface area contributed by atoms with Gasteiger partial charge in [0, 0.05) is 9.50 Å². The van der Waals surface area contributed by atoms with Crippen LogP contribution in [0.2, 0.25) is 5.02 Å². The summed E-state index contributed by atoms with van der Waals surface area (Å²) in [5.74, 6) is 0.875.